The van der Waals surface area contributed by atoms with Crippen molar-refractivity contribution in [2.75, 3.05) is 5.32 Å². The molecule has 0 radical (unpaired) electrons. The average Bonchev–Trinajstić information content (AvgIpc) is 2.65. The molecule has 0 fully saturated rings. The minimum atomic E-state index is -0.458. The number of amides is 1. The molecule has 1 heterocycles. The van der Waals surface area contributed by atoms with E-state index in [1.807, 2.05) is 0 Å². The van der Waals surface area contributed by atoms with E-state index < -0.39 is 5.82 Å². The first-order chi connectivity index (χ1) is 8.06. The molecule has 0 aliphatic carbocycles. The lowest BCUT2D eigenvalue weighted by atomic mass is 10.2. The summed E-state index contributed by atoms with van der Waals surface area (Å²) in [5.74, 6) is -0.676. The molecule has 5 nitrogen and oxygen atoms in total. The van der Waals surface area contributed by atoms with Crippen LogP contribution >= 0.6 is 11.6 Å². The largest absolute Gasteiger partial charge is 0.403 e. The maximum Gasteiger partial charge on any atom is 0.322 e. The molecule has 0 aliphatic rings. The van der Waals surface area contributed by atoms with E-state index in [2.05, 4.69) is 15.5 Å². The first-order valence-electron chi connectivity index (χ1n) is 4.63. The second kappa shape index (κ2) is 4.50. The molecule has 2 aromatic rings. The number of hydrogen-bond donors (Lipinski definition) is 1. The highest BCUT2D eigenvalue weighted by Crippen LogP contribution is 2.28. The number of carbonyl (C=O) groups excluding carboxylic acids is 1. The highest BCUT2D eigenvalue weighted by molar-refractivity contribution is 6.33. The molecule has 0 spiro atoms. The summed E-state index contributed by atoms with van der Waals surface area (Å²) in [5, 5.41) is 9.77. The summed E-state index contributed by atoms with van der Waals surface area (Å²) in [6.45, 7) is 1.31. The number of nitrogens with one attached hydrogen (secondary N) is 1. The molecule has 1 N–H and O–H groups in total. The first kappa shape index (κ1) is 11.5. The Morgan fingerprint density at radius 3 is 2.88 bits per heavy atom. The van der Waals surface area contributed by atoms with E-state index in [-0.39, 0.29) is 22.8 Å². The molecule has 0 saturated carbocycles. The van der Waals surface area contributed by atoms with E-state index in [4.69, 9.17) is 16.0 Å². The van der Waals surface area contributed by atoms with Gasteiger partial charge in [-0.15, -0.1) is 5.10 Å². The van der Waals surface area contributed by atoms with Gasteiger partial charge in [-0.2, -0.15) is 0 Å². The van der Waals surface area contributed by atoms with Gasteiger partial charge in [0.15, 0.2) is 0 Å². The van der Waals surface area contributed by atoms with Gasteiger partial charge in [-0.1, -0.05) is 16.7 Å². The van der Waals surface area contributed by atoms with Crippen molar-refractivity contribution in [2.45, 2.75) is 6.92 Å². The Kier molecular flexibility index (Phi) is 3.06. The third-order valence-corrected chi connectivity index (χ3v) is 2.18. The Labute approximate surface area is 101 Å². The number of halogens is 2. The highest BCUT2D eigenvalue weighted by atomic mass is 35.5. The molecule has 0 saturated heterocycles. The SMILES string of the molecule is CC(=O)Nc1nnc(-c2ccc(F)cc2Cl)o1. The summed E-state index contributed by atoms with van der Waals surface area (Å²) in [5.41, 5.74) is 0.400. The van der Waals surface area contributed by atoms with Gasteiger partial charge in [0.25, 0.3) is 5.89 Å². The monoisotopic (exact) mass is 255 g/mol. The number of aromatic nitrogens is 2. The molecule has 7 heteroatoms. The third-order valence-electron chi connectivity index (χ3n) is 1.87. The van der Waals surface area contributed by atoms with Gasteiger partial charge >= 0.3 is 6.01 Å². The van der Waals surface area contributed by atoms with Crippen LogP contribution in [0.25, 0.3) is 11.5 Å². The quantitative estimate of drug-likeness (QED) is 0.895. The van der Waals surface area contributed by atoms with E-state index in [9.17, 15) is 9.18 Å². The van der Waals surface area contributed by atoms with Crippen LogP contribution in [0.2, 0.25) is 5.02 Å². The molecule has 17 heavy (non-hydrogen) atoms. The molecule has 88 valence electrons. The van der Waals surface area contributed by atoms with E-state index in [0.717, 1.165) is 6.07 Å². The molecule has 0 aliphatic heterocycles. The maximum absolute atomic E-state index is 12.8. The molecule has 1 aromatic heterocycles. The standard InChI is InChI=1S/C10H7ClFN3O2/c1-5(16)13-10-15-14-9(17-10)7-3-2-6(12)4-8(7)11/h2-4H,1H3,(H,13,15,16). The van der Waals surface area contributed by atoms with Gasteiger partial charge in [-0.25, -0.2) is 4.39 Å². The van der Waals surface area contributed by atoms with Crippen molar-refractivity contribution in [1.82, 2.24) is 10.2 Å². The molecule has 1 amide bonds. The van der Waals surface area contributed by atoms with Crippen molar-refractivity contribution in [2.24, 2.45) is 0 Å². The van der Waals surface area contributed by atoms with Crippen LogP contribution in [0.5, 0.6) is 0 Å². The maximum atomic E-state index is 12.8. The van der Waals surface area contributed by atoms with Crippen molar-refractivity contribution in [1.29, 1.82) is 0 Å². The van der Waals surface area contributed by atoms with Crippen LogP contribution in [0, 0.1) is 5.82 Å². The average molecular weight is 256 g/mol. The Hall–Kier alpha value is -1.95. The summed E-state index contributed by atoms with van der Waals surface area (Å²) in [6.07, 6.45) is 0. The lowest BCUT2D eigenvalue weighted by Crippen LogP contribution is -2.05. The second-order valence-electron chi connectivity index (χ2n) is 3.22. The summed E-state index contributed by atoms with van der Waals surface area (Å²) < 4.78 is 18.0. The van der Waals surface area contributed by atoms with Crippen molar-refractivity contribution in [3.63, 3.8) is 0 Å². The van der Waals surface area contributed by atoms with Crippen molar-refractivity contribution in [3.8, 4) is 11.5 Å². The number of carbonyl (C=O) groups is 1. The Balaban J connectivity index is 2.33. The fourth-order valence-corrected chi connectivity index (χ4v) is 1.44. The first-order valence-corrected chi connectivity index (χ1v) is 5.00. The van der Waals surface area contributed by atoms with E-state index >= 15 is 0 Å². The van der Waals surface area contributed by atoms with Gasteiger partial charge in [0.2, 0.25) is 5.91 Å². The molecule has 1 aromatic carbocycles. The Morgan fingerprint density at radius 2 is 2.24 bits per heavy atom. The van der Waals surface area contributed by atoms with E-state index in [1.54, 1.807) is 0 Å². The lowest BCUT2D eigenvalue weighted by Gasteiger charge is -1.98. The summed E-state index contributed by atoms with van der Waals surface area (Å²) >= 11 is 5.82. The minimum absolute atomic E-state index is 0.0344. The fraction of sp³-hybridized carbons (Fsp3) is 0.100. The minimum Gasteiger partial charge on any atom is -0.403 e. The zero-order valence-corrected chi connectivity index (χ0v) is 9.45. The zero-order chi connectivity index (χ0) is 12.4. The van der Waals surface area contributed by atoms with Crippen LogP contribution in [0.1, 0.15) is 6.92 Å². The predicted molar refractivity (Wildman–Crippen MR) is 59.0 cm³/mol. The Bertz CT molecular complexity index is 570. The summed E-state index contributed by atoms with van der Waals surface area (Å²) in [7, 11) is 0. The lowest BCUT2D eigenvalue weighted by molar-refractivity contribution is -0.114. The predicted octanol–water partition coefficient (Wildman–Crippen LogP) is 2.49. The molecule has 0 atom stereocenters. The normalized spacial score (nSPS) is 10.3. The number of rotatable bonds is 2. The van der Waals surface area contributed by atoms with E-state index in [1.165, 1.54) is 19.1 Å². The number of nitrogens with zero attached hydrogens (tertiary/aromatic N) is 2. The Morgan fingerprint density at radius 1 is 1.47 bits per heavy atom. The van der Waals surface area contributed by atoms with E-state index in [0.29, 0.717) is 5.56 Å². The highest BCUT2D eigenvalue weighted by Gasteiger charge is 2.12. The van der Waals surface area contributed by atoms with Gasteiger partial charge in [0, 0.05) is 6.92 Å². The van der Waals surface area contributed by atoms with Gasteiger partial charge in [-0.3, -0.25) is 10.1 Å². The molecule has 0 bridgehead atoms. The topological polar surface area (TPSA) is 68.0 Å². The summed E-state index contributed by atoms with van der Waals surface area (Å²) in [4.78, 5) is 10.8. The van der Waals surface area contributed by atoms with Crippen molar-refractivity contribution in [3.05, 3.63) is 29.0 Å². The van der Waals surface area contributed by atoms with Gasteiger partial charge in [0.05, 0.1) is 10.6 Å². The van der Waals surface area contributed by atoms with Crippen LogP contribution < -0.4 is 5.32 Å². The number of hydrogen-bond acceptors (Lipinski definition) is 4. The summed E-state index contributed by atoms with van der Waals surface area (Å²) in [6, 6.07) is 3.75. The molecular weight excluding hydrogens is 249 g/mol. The van der Waals surface area contributed by atoms with Crippen molar-refractivity contribution < 1.29 is 13.6 Å². The number of anilines is 1. The third kappa shape index (κ3) is 2.59. The second-order valence-corrected chi connectivity index (χ2v) is 3.62. The number of benzene rings is 1. The molecule has 2 rings (SSSR count). The molecular formula is C10H7ClFN3O2. The van der Waals surface area contributed by atoms with Crippen LogP contribution in [0.15, 0.2) is 22.6 Å². The molecule has 0 unspecified atom stereocenters. The van der Waals surface area contributed by atoms with Crippen LogP contribution in [-0.4, -0.2) is 16.1 Å². The fourth-order valence-electron chi connectivity index (χ4n) is 1.20. The van der Waals surface area contributed by atoms with Gasteiger partial charge < -0.3 is 4.42 Å². The van der Waals surface area contributed by atoms with Gasteiger partial charge in [0.1, 0.15) is 5.82 Å². The van der Waals surface area contributed by atoms with Crippen molar-refractivity contribution >= 4 is 23.5 Å². The zero-order valence-electron chi connectivity index (χ0n) is 8.70. The van der Waals surface area contributed by atoms with Crippen LogP contribution in [0.3, 0.4) is 0 Å². The van der Waals surface area contributed by atoms with Crippen LogP contribution in [-0.2, 0) is 4.79 Å². The van der Waals surface area contributed by atoms with Crippen LogP contribution in [0.4, 0.5) is 10.4 Å². The smallest absolute Gasteiger partial charge is 0.322 e. The van der Waals surface area contributed by atoms with Gasteiger partial charge in [-0.05, 0) is 18.2 Å².